The molecule has 4 aromatic rings. The Morgan fingerprint density at radius 2 is 1.61 bits per heavy atom. The zero-order valence-corrected chi connectivity index (χ0v) is 20.1. The fraction of sp³-hybridized carbons (Fsp3) is 0.222. The van der Waals surface area contributed by atoms with Crippen LogP contribution in [0.5, 0.6) is 0 Å². The average Bonchev–Trinajstić information content (AvgIpc) is 3.32. The van der Waals surface area contributed by atoms with Crippen molar-refractivity contribution < 1.29 is 0 Å². The molecule has 1 aliphatic heterocycles. The number of nitrogens with one attached hydrogen (secondary N) is 1. The molecule has 166 valence electrons. The Hall–Kier alpha value is -3.51. The summed E-state index contributed by atoms with van der Waals surface area (Å²) in [7, 11) is 0. The first-order valence-electron chi connectivity index (χ1n) is 11.1. The lowest BCUT2D eigenvalue weighted by atomic mass is 9.96. The van der Waals surface area contributed by atoms with E-state index in [9.17, 15) is 0 Å². The molecule has 1 N–H and O–H groups in total. The fourth-order valence-electron chi connectivity index (χ4n) is 4.75. The molecule has 0 spiro atoms. The van der Waals surface area contributed by atoms with Gasteiger partial charge >= 0.3 is 0 Å². The average molecular weight is 454 g/mol. The lowest BCUT2D eigenvalue weighted by molar-refractivity contribution is 0.565. The molecule has 0 radical (unpaired) electrons. The van der Waals surface area contributed by atoms with Gasteiger partial charge in [0.1, 0.15) is 5.82 Å². The highest BCUT2D eigenvalue weighted by atomic mass is 32.1. The first-order valence-corrected chi connectivity index (χ1v) is 11.5. The number of hydrogen-bond donors (Lipinski definition) is 1. The molecule has 1 aliphatic rings. The van der Waals surface area contributed by atoms with Crippen molar-refractivity contribution in [3.63, 3.8) is 0 Å². The van der Waals surface area contributed by atoms with Crippen molar-refractivity contribution in [2.24, 2.45) is 0 Å². The number of aryl methyl sites for hydroxylation is 3. The van der Waals surface area contributed by atoms with Crippen molar-refractivity contribution in [1.82, 2.24) is 19.9 Å². The lowest BCUT2D eigenvalue weighted by Gasteiger charge is -2.28. The predicted molar refractivity (Wildman–Crippen MR) is 137 cm³/mol. The normalized spacial score (nSPS) is 17.9. The van der Waals surface area contributed by atoms with Crippen LogP contribution in [0, 0.1) is 27.7 Å². The van der Waals surface area contributed by atoms with Crippen LogP contribution in [-0.4, -0.2) is 19.6 Å². The zero-order chi connectivity index (χ0) is 23.1. The second-order valence-electron chi connectivity index (χ2n) is 8.61. The van der Waals surface area contributed by atoms with E-state index in [4.69, 9.17) is 12.2 Å². The predicted octanol–water partition coefficient (Wildman–Crippen LogP) is 5.68. The van der Waals surface area contributed by atoms with Gasteiger partial charge in [-0.3, -0.25) is 4.98 Å². The van der Waals surface area contributed by atoms with Crippen LogP contribution in [0.2, 0.25) is 0 Å². The Morgan fingerprint density at radius 3 is 2.27 bits per heavy atom. The molecule has 1 saturated heterocycles. The van der Waals surface area contributed by atoms with Crippen LogP contribution in [0.25, 0.3) is 5.82 Å². The summed E-state index contributed by atoms with van der Waals surface area (Å²) in [4.78, 5) is 11.5. The molecule has 1 fully saturated rings. The van der Waals surface area contributed by atoms with Gasteiger partial charge in [-0.15, -0.1) is 0 Å². The first kappa shape index (κ1) is 21.3. The van der Waals surface area contributed by atoms with E-state index in [1.54, 1.807) is 0 Å². The van der Waals surface area contributed by atoms with Gasteiger partial charge in [0, 0.05) is 29.5 Å². The second kappa shape index (κ2) is 8.45. The smallest absolute Gasteiger partial charge is 0.174 e. The number of aromatic nitrogens is 3. The Morgan fingerprint density at radius 1 is 0.848 bits per heavy atom. The maximum absolute atomic E-state index is 5.90. The van der Waals surface area contributed by atoms with Crippen LogP contribution >= 0.6 is 12.2 Å². The summed E-state index contributed by atoms with van der Waals surface area (Å²) >= 11 is 5.90. The van der Waals surface area contributed by atoms with Gasteiger partial charge in [-0.1, -0.05) is 18.2 Å². The van der Waals surface area contributed by atoms with Gasteiger partial charge in [0.05, 0.1) is 17.8 Å². The fourth-order valence-corrected chi connectivity index (χ4v) is 5.10. The number of anilines is 1. The minimum absolute atomic E-state index is 0.0434. The molecule has 4 heterocycles. The van der Waals surface area contributed by atoms with Crippen LogP contribution in [-0.2, 0) is 0 Å². The Kier molecular flexibility index (Phi) is 5.46. The number of benzene rings is 1. The first-order chi connectivity index (χ1) is 16.0. The van der Waals surface area contributed by atoms with E-state index in [1.807, 2.05) is 42.7 Å². The molecule has 0 bridgehead atoms. The highest BCUT2D eigenvalue weighted by Gasteiger charge is 2.42. The van der Waals surface area contributed by atoms with Crippen molar-refractivity contribution in [2.45, 2.75) is 39.8 Å². The van der Waals surface area contributed by atoms with E-state index < -0.39 is 0 Å². The number of hydrogen-bond acceptors (Lipinski definition) is 3. The van der Waals surface area contributed by atoms with Gasteiger partial charge in [0.15, 0.2) is 5.11 Å². The molecule has 0 amide bonds. The van der Waals surface area contributed by atoms with E-state index in [2.05, 4.69) is 82.8 Å². The van der Waals surface area contributed by atoms with Crippen molar-refractivity contribution in [1.29, 1.82) is 0 Å². The van der Waals surface area contributed by atoms with Gasteiger partial charge in [-0.05, 0) is 99.1 Å². The van der Waals surface area contributed by atoms with E-state index >= 15 is 0 Å². The molecule has 2 atom stereocenters. The SMILES string of the molecule is Cc1ccc(N2C(=S)N[C@H](c3ccccn3)[C@H]2c2cc(C)n(-c3ccccn3)c2C)cc1C. The topological polar surface area (TPSA) is 46.0 Å². The summed E-state index contributed by atoms with van der Waals surface area (Å²) in [5.41, 5.74) is 8.06. The van der Waals surface area contributed by atoms with Crippen molar-refractivity contribution in [3.8, 4) is 5.82 Å². The van der Waals surface area contributed by atoms with Crippen molar-refractivity contribution in [3.05, 3.63) is 107 Å². The molecular weight excluding hydrogens is 426 g/mol. The van der Waals surface area contributed by atoms with Gasteiger partial charge in [0.2, 0.25) is 0 Å². The van der Waals surface area contributed by atoms with Crippen LogP contribution in [0.1, 0.15) is 45.9 Å². The molecule has 0 unspecified atom stereocenters. The molecule has 3 aromatic heterocycles. The Labute approximate surface area is 200 Å². The highest BCUT2D eigenvalue weighted by Crippen LogP contribution is 2.43. The van der Waals surface area contributed by atoms with Crippen molar-refractivity contribution >= 4 is 23.0 Å². The molecule has 6 heteroatoms. The van der Waals surface area contributed by atoms with Crippen molar-refractivity contribution in [2.75, 3.05) is 4.90 Å². The third kappa shape index (κ3) is 3.70. The van der Waals surface area contributed by atoms with E-state index in [-0.39, 0.29) is 12.1 Å². The highest BCUT2D eigenvalue weighted by molar-refractivity contribution is 7.80. The lowest BCUT2D eigenvalue weighted by Crippen LogP contribution is -2.29. The molecule has 0 aliphatic carbocycles. The van der Waals surface area contributed by atoms with Gasteiger partial charge < -0.3 is 14.8 Å². The standard InChI is InChI=1S/C27H27N5S/c1-17-11-12-21(15-18(17)2)32-26(25(30-27(32)33)23-9-5-7-13-28-23)22-16-19(3)31(20(22)4)24-10-6-8-14-29-24/h5-16,25-26H,1-4H3,(H,30,33)/t25-,26-/m1/s1. The summed E-state index contributed by atoms with van der Waals surface area (Å²) in [6.45, 7) is 8.56. The monoisotopic (exact) mass is 453 g/mol. The third-order valence-electron chi connectivity index (χ3n) is 6.53. The minimum atomic E-state index is -0.0713. The third-order valence-corrected chi connectivity index (χ3v) is 6.85. The van der Waals surface area contributed by atoms with E-state index in [1.165, 1.54) is 16.7 Å². The summed E-state index contributed by atoms with van der Waals surface area (Å²) in [6.07, 6.45) is 3.67. The quantitative estimate of drug-likeness (QED) is 0.403. The van der Waals surface area contributed by atoms with E-state index in [0.717, 1.165) is 28.6 Å². The zero-order valence-electron chi connectivity index (χ0n) is 19.3. The molecule has 5 nitrogen and oxygen atoms in total. The minimum Gasteiger partial charge on any atom is -0.351 e. The molecule has 5 rings (SSSR count). The molecule has 33 heavy (non-hydrogen) atoms. The Bertz CT molecular complexity index is 1310. The summed E-state index contributed by atoms with van der Waals surface area (Å²) in [5.74, 6) is 0.916. The van der Waals surface area contributed by atoms with Crippen LogP contribution < -0.4 is 10.2 Å². The van der Waals surface area contributed by atoms with Crippen LogP contribution in [0.3, 0.4) is 0 Å². The maximum atomic E-state index is 5.90. The van der Waals surface area contributed by atoms with Gasteiger partial charge in [-0.25, -0.2) is 4.98 Å². The Balaban J connectivity index is 1.69. The number of thiocarbonyl (C=S) groups is 1. The number of nitrogens with zero attached hydrogens (tertiary/aromatic N) is 4. The largest absolute Gasteiger partial charge is 0.351 e. The second-order valence-corrected chi connectivity index (χ2v) is 9.00. The van der Waals surface area contributed by atoms with Crippen LogP contribution in [0.15, 0.2) is 73.1 Å². The molecule has 0 saturated carbocycles. The maximum Gasteiger partial charge on any atom is 0.174 e. The molecule has 1 aromatic carbocycles. The summed E-state index contributed by atoms with van der Waals surface area (Å²) in [5, 5.41) is 4.28. The van der Waals surface area contributed by atoms with Gasteiger partial charge in [0.25, 0.3) is 0 Å². The molecular formula is C27H27N5S. The van der Waals surface area contributed by atoms with Crippen LogP contribution in [0.4, 0.5) is 5.69 Å². The summed E-state index contributed by atoms with van der Waals surface area (Å²) < 4.78 is 2.21. The summed E-state index contributed by atoms with van der Waals surface area (Å²) in [6, 6.07) is 20.7. The van der Waals surface area contributed by atoms with Gasteiger partial charge in [-0.2, -0.15) is 0 Å². The van der Waals surface area contributed by atoms with E-state index in [0.29, 0.717) is 5.11 Å². The number of rotatable bonds is 4. The number of pyridine rings is 2.